The Morgan fingerprint density at radius 3 is 2.87 bits per heavy atom. The zero-order chi connectivity index (χ0) is 10.4. The van der Waals surface area contributed by atoms with Crippen molar-refractivity contribution in [3.8, 4) is 0 Å². The molecule has 0 aromatic carbocycles. The van der Waals surface area contributed by atoms with Crippen molar-refractivity contribution >= 4 is 11.2 Å². The third-order valence-corrected chi connectivity index (χ3v) is 3.23. The fraction of sp³-hybridized carbons (Fsp3) is 0.455. The first-order valence-electron chi connectivity index (χ1n) is 5.22. The molecule has 0 fully saturated rings. The highest BCUT2D eigenvalue weighted by Crippen LogP contribution is 2.29. The van der Waals surface area contributed by atoms with E-state index in [0.717, 1.165) is 24.0 Å². The second-order valence-corrected chi connectivity index (χ2v) is 4.36. The summed E-state index contributed by atoms with van der Waals surface area (Å²) < 4.78 is 0. The molecular weight excluding hydrogens is 188 g/mol. The summed E-state index contributed by atoms with van der Waals surface area (Å²) in [4.78, 5) is 14.3. The van der Waals surface area contributed by atoms with E-state index in [-0.39, 0.29) is 0 Å². The van der Waals surface area contributed by atoms with Gasteiger partial charge in [-0.1, -0.05) is 0 Å². The van der Waals surface area contributed by atoms with E-state index < -0.39 is 0 Å². The van der Waals surface area contributed by atoms with Gasteiger partial charge >= 0.3 is 0 Å². The third-order valence-electron chi connectivity index (χ3n) is 3.23. The van der Waals surface area contributed by atoms with Gasteiger partial charge in [0.1, 0.15) is 5.52 Å². The van der Waals surface area contributed by atoms with Crippen LogP contribution >= 0.6 is 0 Å². The largest absolute Gasteiger partial charge is 0.342 e. The van der Waals surface area contributed by atoms with Crippen LogP contribution in [0, 0.1) is 0 Å². The molecule has 2 aromatic rings. The molecule has 0 amide bonds. The van der Waals surface area contributed by atoms with Gasteiger partial charge in [-0.2, -0.15) is 0 Å². The molecule has 2 aromatic heterocycles. The number of H-pyrrole nitrogens is 1. The van der Waals surface area contributed by atoms with Crippen LogP contribution in [0.25, 0.3) is 11.2 Å². The number of rotatable bonds is 1. The lowest BCUT2D eigenvalue weighted by atomic mass is 10.2. The standard InChI is InChI=1S/C11H14N4/c1-15(2)7-5-8-9(6-7)14-11-10(8)12-3-4-13-11/h3-4,7H,5-6H2,1-2H3,(H,13,14)/t7-/m0/s1. The quantitative estimate of drug-likeness (QED) is 0.750. The van der Waals surface area contributed by atoms with E-state index in [1.165, 1.54) is 11.3 Å². The average Bonchev–Trinajstić information content (AvgIpc) is 2.73. The van der Waals surface area contributed by atoms with Crippen LogP contribution in [-0.2, 0) is 12.8 Å². The lowest BCUT2D eigenvalue weighted by Crippen LogP contribution is -2.28. The topological polar surface area (TPSA) is 44.8 Å². The molecule has 3 rings (SSSR count). The molecule has 1 N–H and O–H groups in total. The molecule has 4 heteroatoms. The highest BCUT2D eigenvalue weighted by molar-refractivity contribution is 5.77. The highest BCUT2D eigenvalue weighted by Gasteiger charge is 2.27. The van der Waals surface area contributed by atoms with Crippen molar-refractivity contribution in [3.05, 3.63) is 23.7 Å². The normalized spacial score (nSPS) is 20.1. The second-order valence-electron chi connectivity index (χ2n) is 4.36. The number of fused-ring (bicyclic) bond motifs is 3. The van der Waals surface area contributed by atoms with Crippen LogP contribution in [-0.4, -0.2) is 40.0 Å². The minimum atomic E-state index is 0.609. The van der Waals surface area contributed by atoms with Crippen molar-refractivity contribution < 1.29 is 0 Å². The Morgan fingerprint density at radius 1 is 1.27 bits per heavy atom. The Hall–Kier alpha value is -1.42. The lowest BCUT2D eigenvalue weighted by Gasteiger charge is -2.17. The molecule has 0 unspecified atom stereocenters. The summed E-state index contributed by atoms with van der Waals surface area (Å²) in [6.07, 6.45) is 5.66. The Balaban J connectivity index is 2.08. The summed E-state index contributed by atoms with van der Waals surface area (Å²) in [7, 11) is 4.26. The molecule has 0 saturated heterocycles. The summed E-state index contributed by atoms with van der Waals surface area (Å²) in [6.45, 7) is 0. The number of likely N-dealkylation sites (N-methyl/N-ethyl adjacent to an activating group) is 1. The molecule has 0 bridgehead atoms. The molecule has 4 nitrogen and oxygen atoms in total. The van der Waals surface area contributed by atoms with Crippen LogP contribution in [0.1, 0.15) is 11.3 Å². The lowest BCUT2D eigenvalue weighted by molar-refractivity contribution is 0.303. The Morgan fingerprint density at radius 2 is 2.07 bits per heavy atom. The number of hydrogen-bond acceptors (Lipinski definition) is 3. The van der Waals surface area contributed by atoms with Crippen LogP contribution < -0.4 is 0 Å². The van der Waals surface area contributed by atoms with Crippen molar-refractivity contribution in [2.75, 3.05) is 14.1 Å². The maximum absolute atomic E-state index is 4.39. The van der Waals surface area contributed by atoms with Gasteiger partial charge in [-0.05, 0) is 20.5 Å². The van der Waals surface area contributed by atoms with Crippen molar-refractivity contribution in [3.63, 3.8) is 0 Å². The van der Waals surface area contributed by atoms with Crippen molar-refractivity contribution in [1.82, 2.24) is 19.9 Å². The fourth-order valence-electron chi connectivity index (χ4n) is 2.31. The van der Waals surface area contributed by atoms with E-state index >= 15 is 0 Å². The van der Waals surface area contributed by atoms with Gasteiger partial charge in [0, 0.05) is 36.1 Å². The van der Waals surface area contributed by atoms with Crippen molar-refractivity contribution in [1.29, 1.82) is 0 Å². The number of aromatic nitrogens is 3. The molecule has 1 atom stereocenters. The summed E-state index contributed by atoms with van der Waals surface area (Å²) in [5, 5.41) is 0. The minimum Gasteiger partial charge on any atom is -0.342 e. The van der Waals surface area contributed by atoms with E-state index in [2.05, 4.69) is 33.9 Å². The Bertz CT molecular complexity index is 500. The molecule has 0 spiro atoms. The molecule has 15 heavy (non-hydrogen) atoms. The van der Waals surface area contributed by atoms with Crippen LogP contribution in [0.5, 0.6) is 0 Å². The van der Waals surface area contributed by atoms with Crippen molar-refractivity contribution in [2.45, 2.75) is 18.9 Å². The highest BCUT2D eigenvalue weighted by atomic mass is 15.1. The Kier molecular flexibility index (Phi) is 1.79. The van der Waals surface area contributed by atoms with Crippen LogP contribution in [0.4, 0.5) is 0 Å². The fourth-order valence-corrected chi connectivity index (χ4v) is 2.31. The first-order valence-corrected chi connectivity index (χ1v) is 5.22. The van der Waals surface area contributed by atoms with E-state index in [1.807, 2.05) is 0 Å². The third kappa shape index (κ3) is 1.25. The predicted octanol–water partition coefficient (Wildman–Crippen LogP) is 0.987. The van der Waals surface area contributed by atoms with Gasteiger partial charge in [-0.25, -0.2) is 4.98 Å². The monoisotopic (exact) mass is 202 g/mol. The van der Waals surface area contributed by atoms with Gasteiger partial charge in [0.15, 0.2) is 5.65 Å². The maximum atomic E-state index is 4.39. The summed E-state index contributed by atoms with van der Waals surface area (Å²) in [5.41, 5.74) is 4.66. The zero-order valence-electron chi connectivity index (χ0n) is 8.99. The SMILES string of the molecule is CN(C)[C@@H]1Cc2[nH]c3nccnc3c2C1. The average molecular weight is 202 g/mol. The number of aromatic amines is 1. The van der Waals surface area contributed by atoms with Crippen molar-refractivity contribution in [2.24, 2.45) is 0 Å². The van der Waals surface area contributed by atoms with Gasteiger partial charge in [-0.3, -0.25) is 4.98 Å². The van der Waals surface area contributed by atoms with E-state index in [1.54, 1.807) is 12.4 Å². The smallest absolute Gasteiger partial charge is 0.156 e. The number of nitrogens with zero attached hydrogens (tertiary/aromatic N) is 3. The van der Waals surface area contributed by atoms with Gasteiger partial charge in [-0.15, -0.1) is 0 Å². The summed E-state index contributed by atoms with van der Waals surface area (Å²) in [5.74, 6) is 0. The first kappa shape index (κ1) is 8.85. The summed E-state index contributed by atoms with van der Waals surface area (Å²) in [6, 6.07) is 0.609. The van der Waals surface area contributed by atoms with E-state index in [9.17, 15) is 0 Å². The maximum Gasteiger partial charge on any atom is 0.156 e. The van der Waals surface area contributed by atoms with Crippen LogP contribution in [0.3, 0.4) is 0 Å². The molecule has 1 aliphatic rings. The zero-order valence-corrected chi connectivity index (χ0v) is 8.99. The van der Waals surface area contributed by atoms with Gasteiger partial charge in [0.2, 0.25) is 0 Å². The molecule has 78 valence electrons. The molecule has 0 aliphatic heterocycles. The van der Waals surface area contributed by atoms with E-state index in [0.29, 0.717) is 6.04 Å². The number of nitrogens with one attached hydrogen (secondary N) is 1. The number of hydrogen-bond donors (Lipinski definition) is 1. The molecule has 1 aliphatic carbocycles. The van der Waals surface area contributed by atoms with E-state index in [4.69, 9.17) is 0 Å². The Labute approximate surface area is 88.3 Å². The van der Waals surface area contributed by atoms with Crippen LogP contribution in [0.15, 0.2) is 12.4 Å². The second kappa shape index (κ2) is 3.03. The van der Waals surface area contributed by atoms with Crippen LogP contribution in [0.2, 0.25) is 0 Å². The predicted molar refractivity (Wildman–Crippen MR) is 58.8 cm³/mol. The molecular formula is C11H14N4. The van der Waals surface area contributed by atoms with Gasteiger partial charge in [0.05, 0.1) is 0 Å². The van der Waals surface area contributed by atoms with Gasteiger partial charge < -0.3 is 9.88 Å². The summed E-state index contributed by atoms with van der Waals surface area (Å²) >= 11 is 0. The molecule has 2 heterocycles. The first-order chi connectivity index (χ1) is 7.25. The molecule has 0 saturated carbocycles. The minimum absolute atomic E-state index is 0.609. The molecule has 0 radical (unpaired) electrons. The van der Waals surface area contributed by atoms with Gasteiger partial charge in [0.25, 0.3) is 0 Å².